The summed E-state index contributed by atoms with van der Waals surface area (Å²) in [6.45, 7) is 11.3. The molecule has 2 aliphatic rings. The number of hydrogen-bond acceptors (Lipinski definition) is 2. The molecule has 88 valence electrons. The fourth-order valence-corrected chi connectivity index (χ4v) is 3.37. The van der Waals surface area contributed by atoms with Crippen molar-refractivity contribution in [2.45, 2.75) is 58.7 Å². The van der Waals surface area contributed by atoms with Crippen LogP contribution in [0, 0.1) is 11.8 Å². The summed E-state index contributed by atoms with van der Waals surface area (Å²) in [4.78, 5) is 2.70. The van der Waals surface area contributed by atoms with Crippen molar-refractivity contribution in [2.75, 3.05) is 13.2 Å². The first-order valence-electron chi connectivity index (χ1n) is 6.44. The monoisotopic (exact) mass is 211 g/mol. The molecule has 2 heteroatoms. The molecule has 0 saturated carbocycles. The molecule has 0 spiro atoms. The van der Waals surface area contributed by atoms with Crippen molar-refractivity contribution in [3.8, 4) is 0 Å². The van der Waals surface area contributed by atoms with Gasteiger partial charge < -0.3 is 4.74 Å². The largest absolute Gasteiger partial charge is 0.378 e. The van der Waals surface area contributed by atoms with E-state index in [2.05, 4.69) is 32.6 Å². The summed E-state index contributed by atoms with van der Waals surface area (Å²) in [6, 6.07) is 2.05. The van der Waals surface area contributed by atoms with E-state index in [9.17, 15) is 0 Å². The summed E-state index contributed by atoms with van der Waals surface area (Å²) in [6.07, 6.45) is 2.68. The first-order valence-corrected chi connectivity index (χ1v) is 6.44. The van der Waals surface area contributed by atoms with E-state index in [0.29, 0.717) is 18.1 Å². The van der Waals surface area contributed by atoms with Crippen LogP contribution in [0.5, 0.6) is 0 Å². The molecular formula is C13H25NO. The molecular weight excluding hydrogens is 186 g/mol. The van der Waals surface area contributed by atoms with E-state index in [1.165, 1.54) is 12.8 Å². The van der Waals surface area contributed by atoms with Gasteiger partial charge >= 0.3 is 0 Å². The second kappa shape index (κ2) is 4.42. The molecule has 15 heavy (non-hydrogen) atoms. The molecule has 0 aromatic heterocycles. The molecule has 2 fully saturated rings. The maximum absolute atomic E-state index is 5.70. The van der Waals surface area contributed by atoms with Crippen LogP contribution in [0.4, 0.5) is 0 Å². The Morgan fingerprint density at radius 1 is 1.00 bits per heavy atom. The lowest BCUT2D eigenvalue weighted by Crippen LogP contribution is -2.59. The Bertz CT molecular complexity index is 201. The predicted molar refractivity (Wildman–Crippen MR) is 62.9 cm³/mol. The molecule has 0 aliphatic carbocycles. The zero-order valence-electron chi connectivity index (χ0n) is 10.6. The molecule has 2 rings (SSSR count). The first-order chi connectivity index (χ1) is 7.09. The van der Waals surface area contributed by atoms with E-state index in [0.717, 1.165) is 25.0 Å². The normalized spacial score (nSPS) is 37.6. The Hall–Kier alpha value is -0.0800. The highest BCUT2D eigenvalue weighted by Crippen LogP contribution is 2.36. The first kappa shape index (κ1) is 11.4. The van der Waals surface area contributed by atoms with Gasteiger partial charge in [-0.1, -0.05) is 13.8 Å². The molecule has 3 atom stereocenters. The van der Waals surface area contributed by atoms with Crippen molar-refractivity contribution in [3.63, 3.8) is 0 Å². The Morgan fingerprint density at radius 2 is 1.53 bits per heavy atom. The predicted octanol–water partition coefficient (Wildman–Crippen LogP) is 2.53. The third kappa shape index (κ3) is 2.21. The summed E-state index contributed by atoms with van der Waals surface area (Å²) >= 11 is 0. The quantitative estimate of drug-likeness (QED) is 0.696. The molecule has 2 aliphatic heterocycles. The van der Waals surface area contributed by atoms with E-state index >= 15 is 0 Å². The number of fused-ring (bicyclic) bond motifs is 2. The lowest BCUT2D eigenvalue weighted by atomic mass is 9.78. The number of piperidine rings is 1. The van der Waals surface area contributed by atoms with Crippen molar-refractivity contribution in [1.82, 2.24) is 4.90 Å². The molecule has 0 N–H and O–H groups in total. The van der Waals surface area contributed by atoms with Gasteiger partial charge in [-0.05, 0) is 38.5 Å². The number of hydrogen-bond donors (Lipinski definition) is 0. The third-order valence-corrected chi connectivity index (χ3v) is 4.15. The van der Waals surface area contributed by atoms with Crippen LogP contribution in [0.2, 0.25) is 0 Å². The molecule has 2 bridgehead atoms. The summed E-state index contributed by atoms with van der Waals surface area (Å²) in [5, 5.41) is 0. The highest BCUT2D eigenvalue weighted by molar-refractivity contribution is 4.93. The summed E-state index contributed by atoms with van der Waals surface area (Å²) in [5.74, 6) is 1.75. The maximum Gasteiger partial charge on any atom is 0.0622 e. The minimum absolute atomic E-state index is 0.678. The second-order valence-electron chi connectivity index (χ2n) is 5.86. The zero-order chi connectivity index (χ0) is 11.0. The minimum atomic E-state index is 0.678. The molecule has 0 aromatic carbocycles. The number of nitrogens with zero attached hydrogens (tertiary/aromatic N) is 1. The van der Waals surface area contributed by atoms with Crippen LogP contribution < -0.4 is 0 Å². The Labute approximate surface area is 94.0 Å². The van der Waals surface area contributed by atoms with E-state index in [1.807, 2.05) is 0 Å². The van der Waals surface area contributed by atoms with Crippen LogP contribution in [0.15, 0.2) is 0 Å². The van der Waals surface area contributed by atoms with Gasteiger partial charge in [-0.25, -0.2) is 0 Å². The van der Waals surface area contributed by atoms with Gasteiger partial charge in [0.05, 0.1) is 13.2 Å². The minimum Gasteiger partial charge on any atom is -0.378 e. The van der Waals surface area contributed by atoms with Crippen molar-refractivity contribution < 1.29 is 4.74 Å². The van der Waals surface area contributed by atoms with Crippen LogP contribution in [0.25, 0.3) is 0 Å². The molecule has 2 heterocycles. The van der Waals surface area contributed by atoms with Crippen molar-refractivity contribution in [2.24, 2.45) is 11.8 Å². The fraction of sp³-hybridized carbons (Fsp3) is 1.00. The Morgan fingerprint density at radius 3 is 1.93 bits per heavy atom. The van der Waals surface area contributed by atoms with E-state index < -0.39 is 0 Å². The van der Waals surface area contributed by atoms with Gasteiger partial charge in [0.1, 0.15) is 0 Å². The van der Waals surface area contributed by atoms with Gasteiger partial charge in [0.2, 0.25) is 0 Å². The van der Waals surface area contributed by atoms with E-state index in [-0.39, 0.29) is 0 Å². The van der Waals surface area contributed by atoms with Crippen molar-refractivity contribution in [3.05, 3.63) is 0 Å². The lowest BCUT2D eigenvalue weighted by Gasteiger charge is -2.51. The number of rotatable bonds is 2. The maximum atomic E-state index is 5.70. The number of morpholine rings is 1. The van der Waals surface area contributed by atoms with Crippen LogP contribution in [-0.2, 0) is 4.74 Å². The van der Waals surface area contributed by atoms with Crippen LogP contribution in [0.1, 0.15) is 40.5 Å². The molecule has 2 saturated heterocycles. The average molecular weight is 211 g/mol. The molecule has 0 amide bonds. The van der Waals surface area contributed by atoms with E-state index in [4.69, 9.17) is 4.74 Å². The fourth-order valence-electron chi connectivity index (χ4n) is 3.37. The van der Waals surface area contributed by atoms with Gasteiger partial charge in [0.25, 0.3) is 0 Å². The van der Waals surface area contributed by atoms with Gasteiger partial charge in [-0.2, -0.15) is 0 Å². The molecule has 0 radical (unpaired) electrons. The topological polar surface area (TPSA) is 12.5 Å². The molecule has 0 aromatic rings. The van der Waals surface area contributed by atoms with Crippen LogP contribution in [0.3, 0.4) is 0 Å². The smallest absolute Gasteiger partial charge is 0.0622 e. The highest BCUT2D eigenvalue weighted by atomic mass is 16.5. The lowest BCUT2D eigenvalue weighted by molar-refractivity contribution is -0.106. The summed E-state index contributed by atoms with van der Waals surface area (Å²) in [7, 11) is 0. The standard InChI is InChI=1S/C13H25NO/c1-9(2)11-5-12-7-15-8-13(6-11)14(12)10(3)4/h9-13H,5-8H2,1-4H3/t11?,12-,13?/m0/s1. The second-order valence-corrected chi connectivity index (χ2v) is 5.86. The number of ether oxygens (including phenoxy) is 1. The SMILES string of the molecule is CC(C)C1CC2COC[C@H](C1)N2C(C)C. The van der Waals surface area contributed by atoms with Gasteiger partial charge in [-0.3, -0.25) is 4.90 Å². The van der Waals surface area contributed by atoms with E-state index in [1.54, 1.807) is 0 Å². The highest BCUT2D eigenvalue weighted by Gasteiger charge is 2.40. The van der Waals surface area contributed by atoms with Gasteiger partial charge in [-0.15, -0.1) is 0 Å². The third-order valence-electron chi connectivity index (χ3n) is 4.15. The summed E-state index contributed by atoms with van der Waals surface area (Å²) in [5.41, 5.74) is 0. The Kier molecular flexibility index (Phi) is 3.36. The summed E-state index contributed by atoms with van der Waals surface area (Å²) < 4.78 is 5.70. The Balaban J connectivity index is 2.08. The zero-order valence-corrected chi connectivity index (χ0v) is 10.6. The van der Waals surface area contributed by atoms with Crippen molar-refractivity contribution in [1.29, 1.82) is 0 Å². The van der Waals surface area contributed by atoms with Crippen LogP contribution >= 0.6 is 0 Å². The van der Waals surface area contributed by atoms with Crippen molar-refractivity contribution >= 4 is 0 Å². The van der Waals surface area contributed by atoms with Crippen LogP contribution in [-0.4, -0.2) is 36.2 Å². The molecule has 2 nitrogen and oxygen atoms in total. The van der Waals surface area contributed by atoms with Gasteiger partial charge in [0, 0.05) is 18.1 Å². The average Bonchev–Trinajstić information content (AvgIpc) is 2.15. The van der Waals surface area contributed by atoms with Gasteiger partial charge in [0.15, 0.2) is 0 Å². The molecule has 2 unspecified atom stereocenters.